The highest BCUT2D eigenvalue weighted by atomic mass is 16.2. The van der Waals surface area contributed by atoms with Crippen LogP contribution in [0.5, 0.6) is 0 Å². The molecule has 0 radical (unpaired) electrons. The van der Waals surface area contributed by atoms with Gasteiger partial charge in [-0.2, -0.15) is 0 Å². The van der Waals surface area contributed by atoms with E-state index in [1.54, 1.807) is 0 Å². The molecule has 2 rings (SSSR count). The van der Waals surface area contributed by atoms with E-state index in [1.807, 2.05) is 26.0 Å². The molecule has 20 heavy (non-hydrogen) atoms. The number of rotatable bonds is 4. The van der Waals surface area contributed by atoms with E-state index in [-0.39, 0.29) is 11.4 Å². The smallest absolute Gasteiger partial charge is 0.239 e. The molecular weight excluding hydrogens is 250 g/mol. The third kappa shape index (κ3) is 3.24. The van der Waals surface area contributed by atoms with Crippen LogP contribution in [0.15, 0.2) is 18.2 Å². The fourth-order valence-corrected chi connectivity index (χ4v) is 2.57. The Balaban J connectivity index is 2.09. The number of nitrogens with one attached hydrogen (secondary N) is 1. The van der Waals surface area contributed by atoms with Crippen molar-refractivity contribution in [3.05, 3.63) is 23.8 Å². The highest BCUT2D eigenvalue weighted by Crippen LogP contribution is 2.30. The molecule has 4 nitrogen and oxygen atoms in total. The van der Waals surface area contributed by atoms with Crippen molar-refractivity contribution in [1.29, 1.82) is 0 Å². The highest BCUT2D eigenvalue weighted by Gasteiger charge is 2.23. The maximum atomic E-state index is 12.2. The first kappa shape index (κ1) is 14.7. The Hall–Kier alpha value is -1.71. The van der Waals surface area contributed by atoms with Gasteiger partial charge in [0, 0.05) is 23.5 Å². The minimum Gasteiger partial charge on any atom is -0.398 e. The van der Waals surface area contributed by atoms with E-state index < -0.39 is 0 Å². The zero-order valence-electron chi connectivity index (χ0n) is 12.7. The molecule has 1 aliphatic rings. The molecule has 1 aliphatic heterocycles. The zero-order valence-corrected chi connectivity index (χ0v) is 12.7. The summed E-state index contributed by atoms with van der Waals surface area (Å²) in [5, 5.41) is 3.09. The highest BCUT2D eigenvalue weighted by molar-refractivity contribution is 5.83. The molecule has 0 bridgehead atoms. The molecule has 3 N–H and O–H groups in total. The summed E-state index contributed by atoms with van der Waals surface area (Å²) in [6.07, 6.45) is 2.97. The Bertz CT molecular complexity index is 496. The molecule has 0 atom stereocenters. The molecule has 4 heteroatoms. The largest absolute Gasteiger partial charge is 0.398 e. The molecule has 0 saturated heterocycles. The molecule has 0 saturated carbocycles. The van der Waals surface area contributed by atoms with Crippen molar-refractivity contribution in [1.82, 2.24) is 5.32 Å². The molecule has 1 aromatic carbocycles. The van der Waals surface area contributed by atoms with Crippen LogP contribution in [0.1, 0.15) is 39.2 Å². The van der Waals surface area contributed by atoms with Gasteiger partial charge in [0.2, 0.25) is 5.91 Å². The number of nitrogen functional groups attached to an aromatic ring is 1. The Kier molecular flexibility index (Phi) is 4.21. The average Bonchev–Trinajstić information content (AvgIpc) is 2.39. The van der Waals surface area contributed by atoms with Crippen molar-refractivity contribution < 1.29 is 4.79 Å². The summed E-state index contributed by atoms with van der Waals surface area (Å²) in [6.45, 7) is 7.49. The fourth-order valence-electron chi connectivity index (χ4n) is 2.57. The number of hydrogen-bond donors (Lipinski definition) is 2. The van der Waals surface area contributed by atoms with Gasteiger partial charge < -0.3 is 16.0 Å². The lowest BCUT2D eigenvalue weighted by Gasteiger charge is -2.33. The number of nitrogens with two attached hydrogens (primary N) is 1. The molecule has 0 aromatic heterocycles. The van der Waals surface area contributed by atoms with Crippen molar-refractivity contribution >= 4 is 17.3 Å². The van der Waals surface area contributed by atoms with E-state index in [4.69, 9.17) is 5.73 Å². The van der Waals surface area contributed by atoms with Gasteiger partial charge >= 0.3 is 0 Å². The molecule has 0 unspecified atom stereocenters. The third-order valence-corrected chi connectivity index (χ3v) is 4.08. The van der Waals surface area contributed by atoms with E-state index >= 15 is 0 Å². The van der Waals surface area contributed by atoms with Crippen LogP contribution in [-0.2, 0) is 11.2 Å². The van der Waals surface area contributed by atoms with Gasteiger partial charge in [0.25, 0.3) is 0 Å². The second-order valence-electron chi connectivity index (χ2n) is 6.16. The maximum Gasteiger partial charge on any atom is 0.239 e. The van der Waals surface area contributed by atoms with E-state index in [9.17, 15) is 4.79 Å². The van der Waals surface area contributed by atoms with Crippen molar-refractivity contribution in [2.75, 3.05) is 23.7 Å². The Morgan fingerprint density at radius 3 is 2.90 bits per heavy atom. The van der Waals surface area contributed by atoms with Crippen molar-refractivity contribution in [3.63, 3.8) is 0 Å². The van der Waals surface area contributed by atoms with Gasteiger partial charge in [-0.15, -0.1) is 0 Å². The van der Waals surface area contributed by atoms with Gasteiger partial charge in [-0.3, -0.25) is 4.79 Å². The first-order chi connectivity index (χ1) is 9.43. The van der Waals surface area contributed by atoms with Crippen molar-refractivity contribution in [2.24, 2.45) is 0 Å². The number of benzene rings is 1. The number of amides is 1. The van der Waals surface area contributed by atoms with Gasteiger partial charge in [0.1, 0.15) is 0 Å². The van der Waals surface area contributed by atoms with E-state index in [0.29, 0.717) is 6.54 Å². The topological polar surface area (TPSA) is 58.4 Å². The van der Waals surface area contributed by atoms with Crippen molar-refractivity contribution in [3.8, 4) is 0 Å². The summed E-state index contributed by atoms with van der Waals surface area (Å²) in [6, 6.07) is 5.95. The minimum absolute atomic E-state index is 0.0760. The summed E-state index contributed by atoms with van der Waals surface area (Å²) in [4.78, 5) is 14.3. The molecule has 1 aromatic rings. The van der Waals surface area contributed by atoms with Crippen LogP contribution in [0.4, 0.5) is 11.4 Å². The normalized spacial score (nSPS) is 14.8. The third-order valence-electron chi connectivity index (χ3n) is 4.08. The lowest BCUT2D eigenvalue weighted by molar-refractivity contribution is -0.121. The second-order valence-corrected chi connectivity index (χ2v) is 6.16. The molecule has 0 spiro atoms. The molecule has 0 fully saturated rings. The van der Waals surface area contributed by atoms with Crippen LogP contribution in [0, 0.1) is 0 Å². The number of carbonyl (C=O) groups is 1. The Morgan fingerprint density at radius 2 is 2.20 bits per heavy atom. The maximum absolute atomic E-state index is 12.2. The van der Waals surface area contributed by atoms with E-state index in [1.165, 1.54) is 5.56 Å². The summed E-state index contributed by atoms with van der Waals surface area (Å²) < 4.78 is 0. The standard InChI is InChI=1S/C16H25N3O/c1-4-16(2,3)18-15(20)11-19-10-6-7-12-13(17)8-5-9-14(12)19/h5,8-9H,4,6-7,10-11,17H2,1-3H3,(H,18,20). The minimum atomic E-state index is -0.147. The number of nitrogens with zero attached hydrogens (tertiary/aromatic N) is 1. The number of hydrogen-bond acceptors (Lipinski definition) is 3. The monoisotopic (exact) mass is 275 g/mol. The number of anilines is 2. The quantitative estimate of drug-likeness (QED) is 0.829. The number of carbonyl (C=O) groups excluding carboxylic acids is 1. The van der Waals surface area contributed by atoms with E-state index in [0.717, 1.165) is 37.2 Å². The molecule has 110 valence electrons. The number of fused-ring (bicyclic) bond motifs is 1. The average molecular weight is 275 g/mol. The molecule has 1 amide bonds. The van der Waals surface area contributed by atoms with Crippen LogP contribution in [0.3, 0.4) is 0 Å². The van der Waals surface area contributed by atoms with Crippen LogP contribution in [0.2, 0.25) is 0 Å². The fraction of sp³-hybridized carbons (Fsp3) is 0.562. The van der Waals surface area contributed by atoms with Crippen LogP contribution < -0.4 is 16.0 Å². The molecular formula is C16H25N3O. The summed E-state index contributed by atoms with van der Waals surface area (Å²) in [5.41, 5.74) is 9.01. The predicted octanol–water partition coefficient (Wildman–Crippen LogP) is 2.33. The predicted molar refractivity (Wildman–Crippen MR) is 83.9 cm³/mol. The van der Waals surface area contributed by atoms with Gasteiger partial charge in [-0.05, 0) is 50.8 Å². The molecule has 1 heterocycles. The van der Waals surface area contributed by atoms with Gasteiger partial charge in [0.05, 0.1) is 6.54 Å². The van der Waals surface area contributed by atoms with Crippen molar-refractivity contribution in [2.45, 2.75) is 45.6 Å². The van der Waals surface area contributed by atoms with Crippen LogP contribution >= 0.6 is 0 Å². The zero-order chi connectivity index (χ0) is 14.8. The Morgan fingerprint density at radius 1 is 1.45 bits per heavy atom. The van der Waals surface area contributed by atoms with E-state index in [2.05, 4.69) is 23.2 Å². The molecule has 0 aliphatic carbocycles. The summed E-state index contributed by atoms with van der Waals surface area (Å²) in [7, 11) is 0. The summed E-state index contributed by atoms with van der Waals surface area (Å²) >= 11 is 0. The Labute approximate surface area is 121 Å². The van der Waals surface area contributed by atoms with Gasteiger partial charge in [0.15, 0.2) is 0 Å². The summed E-state index contributed by atoms with van der Waals surface area (Å²) in [5.74, 6) is 0.0760. The van der Waals surface area contributed by atoms with Gasteiger partial charge in [-0.1, -0.05) is 13.0 Å². The second kappa shape index (κ2) is 5.73. The van der Waals surface area contributed by atoms with Gasteiger partial charge in [-0.25, -0.2) is 0 Å². The lowest BCUT2D eigenvalue weighted by Crippen LogP contribution is -2.48. The van der Waals surface area contributed by atoms with Crippen LogP contribution in [-0.4, -0.2) is 24.5 Å². The first-order valence-electron chi connectivity index (χ1n) is 7.36. The SMILES string of the molecule is CCC(C)(C)NC(=O)CN1CCCc2c(N)cccc21. The first-order valence-corrected chi connectivity index (χ1v) is 7.36. The lowest BCUT2D eigenvalue weighted by atomic mass is 9.99. The van der Waals surface area contributed by atoms with Crippen LogP contribution in [0.25, 0.3) is 0 Å².